The number of hydrogen-bond acceptors (Lipinski definition) is 6. The van der Waals surface area contributed by atoms with E-state index in [2.05, 4.69) is 15.2 Å². The quantitative estimate of drug-likeness (QED) is 0.407. The van der Waals surface area contributed by atoms with Gasteiger partial charge < -0.3 is 14.2 Å². The zero-order chi connectivity index (χ0) is 22.8. The summed E-state index contributed by atoms with van der Waals surface area (Å²) >= 11 is 6.36. The smallest absolute Gasteiger partial charge is 0.203 e. The van der Waals surface area contributed by atoms with Crippen LogP contribution in [0, 0.1) is 6.92 Å². The first kappa shape index (κ1) is 21.5. The SMILES string of the molecule is COc1cc(-c2cc(-c3nc(C=O)n(-c4ccccc4Cl)c3C)[nH]n2)cc(OC)c1OC. The van der Waals surface area contributed by atoms with Gasteiger partial charge in [0.05, 0.1) is 43.4 Å². The van der Waals surface area contributed by atoms with Gasteiger partial charge in [-0.1, -0.05) is 23.7 Å². The number of carbonyl (C=O) groups is 1. The molecule has 0 saturated heterocycles. The van der Waals surface area contributed by atoms with Crippen LogP contribution < -0.4 is 14.2 Å². The van der Waals surface area contributed by atoms with Crippen molar-refractivity contribution in [1.82, 2.24) is 19.7 Å². The molecule has 0 radical (unpaired) electrons. The van der Waals surface area contributed by atoms with Gasteiger partial charge in [-0.25, -0.2) is 4.98 Å². The van der Waals surface area contributed by atoms with Crippen molar-refractivity contribution in [3.05, 3.63) is 59.0 Å². The average molecular weight is 453 g/mol. The third kappa shape index (κ3) is 3.58. The predicted molar refractivity (Wildman–Crippen MR) is 121 cm³/mol. The first-order valence-electron chi connectivity index (χ1n) is 9.68. The molecule has 0 bridgehead atoms. The Kier molecular flexibility index (Phi) is 5.87. The molecule has 4 aromatic rings. The van der Waals surface area contributed by atoms with E-state index in [4.69, 9.17) is 25.8 Å². The van der Waals surface area contributed by atoms with Gasteiger partial charge in [-0.2, -0.15) is 5.10 Å². The third-order valence-electron chi connectivity index (χ3n) is 5.13. The van der Waals surface area contributed by atoms with Crippen LogP contribution in [0.3, 0.4) is 0 Å². The van der Waals surface area contributed by atoms with E-state index >= 15 is 0 Å². The number of aromatic amines is 1. The van der Waals surface area contributed by atoms with Crippen molar-refractivity contribution in [2.75, 3.05) is 21.3 Å². The number of halogens is 1. The van der Waals surface area contributed by atoms with E-state index in [1.807, 2.05) is 43.3 Å². The number of nitrogens with zero attached hydrogens (tertiary/aromatic N) is 3. The summed E-state index contributed by atoms with van der Waals surface area (Å²) in [6, 6.07) is 12.8. The van der Waals surface area contributed by atoms with Crippen molar-refractivity contribution >= 4 is 17.9 Å². The lowest BCUT2D eigenvalue weighted by atomic mass is 10.1. The second kappa shape index (κ2) is 8.76. The zero-order valence-corrected chi connectivity index (χ0v) is 18.7. The summed E-state index contributed by atoms with van der Waals surface area (Å²) in [7, 11) is 4.67. The maximum absolute atomic E-state index is 11.7. The van der Waals surface area contributed by atoms with Gasteiger partial charge in [-0.3, -0.25) is 14.5 Å². The maximum atomic E-state index is 11.7. The number of ether oxygens (including phenoxy) is 3. The number of methoxy groups -OCH3 is 3. The Morgan fingerprint density at radius 1 is 1.03 bits per heavy atom. The molecule has 0 amide bonds. The number of carbonyl (C=O) groups excluding carboxylic acids is 1. The molecule has 4 rings (SSSR count). The molecule has 164 valence electrons. The molecule has 2 aromatic carbocycles. The summed E-state index contributed by atoms with van der Waals surface area (Å²) in [5, 5.41) is 7.95. The van der Waals surface area contributed by atoms with Crippen LogP contribution in [-0.4, -0.2) is 47.4 Å². The number of rotatable bonds is 7. The molecule has 2 aromatic heterocycles. The van der Waals surface area contributed by atoms with Gasteiger partial charge in [0, 0.05) is 11.3 Å². The van der Waals surface area contributed by atoms with Gasteiger partial charge in [-0.05, 0) is 37.3 Å². The van der Waals surface area contributed by atoms with Gasteiger partial charge in [0.1, 0.15) is 5.69 Å². The molecule has 0 aliphatic heterocycles. The molecule has 2 heterocycles. The Balaban J connectivity index is 1.80. The Labute approximate surface area is 189 Å². The summed E-state index contributed by atoms with van der Waals surface area (Å²) < 4.78 is 18.0. The van der Waals surface area contributed by atoms with Gasteiger partial charge in [0.15, 0.2) is 23.6 Å². The monoisotopic (exact) mass is 452 g/mol. The second-order valence-corrected chi connectivity index (χ2v) is 7.30. The highest BCUT2D eigenvalue weighted by Crippen LogP contribution is 2.41. The molecule has 32 heavy (non-hydrogen) atoms. The fraction of sp³-hybridized carbons (Fsp3) is 0.174. The van der Waals surface area contributed by atoms with Gasteiger partial charge in [0.2, 0.25) is 5.75 Å². The number of imidazole rings is 1. The van der Waals surface area contributed by atoms with E-state index in [-0.39, 0.29) is 5.82 Å². The van der Waals surface area contributed by atoms with Crippen LogP contribution in [0.1, 0.15) is 16.3 Å². The molecule has 0 aliphatic carbocycles. The molecule has 0 aliphatic rings. The lowest BCUT2D eigenvalue weighted by Crippen LogP contribution is -2.02. The van der Waals surface area contributed by atoms with Crippen molar-refractivity contribution in [3.8, 4) is 45.6 Å². The Hall–Kier alpha value is -3.78. The van der Waals surface area contributed by atoms with Gasteiger partial charge >= 0.3 is 0 Å². The van der Waals surface area contributed by atoms with Gasteiger partial charge in [0.25, 0.3) is 0 Å². The maximum Gasteiger partial charge on any atom is 0.203 e. The molecular weight excluding hydrogens is 432 g/mol. The molecule has 0 saturated carbocycles. The molecule has 1 N–H and O–H groups in total. The molecule has 0 atom stereocenters. The average Bonchev–Trinajstić information content (AvgIpc) is 3.43. The number of aromatic nitrogens is 4. The first-order valence-corrected chi connectivity index (χ1v) is 10.1. The number of hydrogen-bond donors (Lipinski definition) is 1. The van der Waals surface area contributed by atoms with Crippen molar-refractivity contribution in [2.45, 2.75) is 6.92 Å². The van der Waals surface area contributed by atoms with Crippen molar-refractivity contribution in [2.24, 2.45) is 0 Å². The standard InChI is InChI=1S/C23H21ClN4O4/c1-13-22(25-21(12-29)28(13)18-8-6-5-7-15(18)24)17-11-16(26-27-17)14-9-19(30-2)23(32-4)20(10-14)31-3/h5-12H,1-4H3,(H,26,27). The molecule has 0 spiro atoms. The number of benzene rings is 2. The first-order chi connectivity index (χ1) is 15.5. The third-order valence-corrected chi connectivity index (χ3v) is 5.45. The van der Waals surface area contributed by atoms with E-state index in [0.29, 0.717) is 51.3 Å². The fourth-order valence-corrected chi connectivity index (χ4v) is 3.83. The Morgan fingerprint density at radius 3 is 2.31 bits per heavy atom. The highest BCUT2D eigenvalue weighted by molar-refractivity contribution is 6.32. The molecule has 8 nitrogen and oxygen atoms in total. The lowest BCUT2D eigenvalue weighted by Gasteiger charge is -2.13. The summed E-state index contributed by atoms with van der Waals surface area (Å²) in [5.41, 5.74) is 4.09. The number of aldehydes is 1. The predicted octanol–water partition coefficient (Wildman–Crippen LogP) is 4.73. The van der Waals surface area contributed by atoms with Crippen LogP contribution in [0.5, 0.6) is 17.2 Å². The lowest BCUT2D eigenvalue weighted by molar-refractivity contribution is 0.111. The highest BCUT2D eigenvalue weighted by atomic mass is 35.5. The van der Waals surface area contributed by atoms with Crippen molar-refractivity contribution in [1.29, 1.82) is 0 Å². The molecule has 0 fully saturated rings. The topological polar surface area (TPSA) is 91.3 Å². The number of para-hydroxylation sites is 1. The minimum absolute atomic E-state index is 0.245. The van der Waals surface area contributed by atoms with E-state index in [0.717, 1.165) is 11.3 Å². The fourth-order valence-electron chi connectivity index (χ4n) is 3.61. The zero-order valence-electron chi connectivity index (χ0n) is 18.0. The largest absolute Gasteiger partial charge is 0.493 e. The van der Waals surface area contributed by atoms with E-state index in [9.17, 15) is 4.79 Å². The number of nitrogens with one attached hydrogen (secondary N) is 1. The van der Waals surface area contributed by atoms with Crippen LogP contribution in [0.15, 0.2) is 42.5 Å². The molecule has 9 heteroatoms. The Bertz CT molecular complexity index is 1270. The van der Waals surface area contributed by atoms with Crippen LogP contribution in [0.2, 0.25) is 5.02 Å². The molecular formula is C23H21ClN4O4. The summed E-state index contributed by atoms with van der Waals surface area (Å²) in [5.74, 6) is 1.79. The van der Waals surface area contributed by atoms with Crippen LogP contribution >= 0.6 is 11.6 Å². The second-order valence-electron chi connectivity index (χ2n) is 6.89. The van der Waals surface area contributed by atoms with E-state index in [1.54, 1.807) is 32.0 Å². The number of H-pyrrole nitrogens is 1. The highest BCUT2D eigenvalue weighted by Gasteiger charge is 2.21. The van der Waals surface area contributed by atoms with Crippen molar-refractivity contribution in [3.63, 3.8) is 0 Å². The molecule has 0 unspecified atom stereocenters. The Morgan fingerprint density at radius 2 is 1.72 bits per heavy atom. The normalized spacial score (nSPS) is 10.8. The minimum Gasteiger partial charge on any atom is -0.493 e. The summed E-state index contributed by atoms with van der Waals surface area (Å²) in [4.78, 5) is 16.3. The van der Waals surface area contributed by atoms with E-state index in [1.165, 1.54) is 0 Å². The minimum atomic E-state index is 0.245. The van der Waals surface area contributed by atoms with Crippen LogP contribution in [0.4, 0.5) is 0 Å². The summed E-state index contributed by atoms with van der Waals surface area (Å²) in [6.07, 6.45) is 0.705. The van der Waals surface area contributed by atoms with Crippen molar-refractivity contribution < 1.29 is 19.0 Å². The van der Waals surface area contributed by atoms with Crippen LogP contribution in [-0.2, 0) is 0 Å². The van der Waals surface area contributed by atoms with E-state index < -0.39 is 0 Å². The van der Waals surface area contributed by atoms with Gasteiger partial charge in [-0.15, -0.1) is 0 Å². The summed E-state index contributed by atoms with van der Waals surface area (Å²) in [6.45, 7) is 1.87. The van der Waals surface area contributed by atoms with Crippen LogP contribution in [0.25, 0.3) is 28.3 Å².